The molecule has 32 valence electrons. The van der Waals surface area contributed by atoms with Crippen molar-refractivity contribution in [3.63, 3.8) is 0 Å². The van der Waals surface area contributed by atoms with Crippen molar-refractivity contribution in [2.24, 2.45) is 0 Å². The molecule has 0 rings (SSSR count). The van der Waals surface area contributed by atoms with Crippen LogP contribution < -0.4 is 0 Å². The van der Waals surface area contributed by atoms with Crippen molar-refractivity contribution in [3.05, 3.63) is 15.3 Å². The predicted octanol–water partition coefficient (Wildman–Crippen LogP) is -0.416. The Bertz CT molecular complexity index is 26.6. The summed E-state index contributed by atoms with van der Waals surface area (Å²) < 4.78 is 0. The van der Waals surface area contributed by atoms with Crippen molar-refractivity contribution in [2.45, 2.75) is 0 Å². The molecule has 0 aromatic rings. The van der Waals surface area contributed by atoms with Gasteiger partial charge in [0.25, 0.3) is 0 Å². The molecule has 0 aliphatic carbocycles. The van der Waals surface area contributed by atoms with Crippen molar-refractivity contribution in [1.29, 1.82) is 0 Å². The third-order valence-corrected chi connectivity index (χ3v) is 0. The minimum absolute atomic E-state index is 0. The summed E-state index contributed by atoms with van der Waals surface area (Å²) in [5.74, 6) is 0. The molecule has 0 unspecified atom stereocenters. The lowest BCUT2D eigenvalue weighted by atomic mass is 13.1. The van der Waals surface area contributed by atoms with Crippen LogP contribution >= 0.6 is 0 Å². The van der Waals surface area contributed by atoms with Crippen LogP contribution in [0.4, 0.5) is 0 Å². The molecule has 5 heavy (non-hydrogen) atoms. The summed E-state index contributed by atoms with van der Waals surface area (Å²) in [5, 5.41) is 14.8. The molecule has 0 bridgehead atoms. The summed E-state index contributed by atoms with van der Waals surface area (Å²) in [6.45, 7) is 0. The summed E-state index contributed by atoms with van der Waals surface area (Å²) in [7, 11) is 0. The first kappa shape index (κ1) is 8.90. The summed E-state index contributed by atoms with van der Waals surface area (Å²) in [6, 6.07) is 0. The molecule has 0 aromatic heterocycles. The number of nitrogens with zero attached hydrogens (tertiary/aromatic N) is 1. The van der Waals surface area contributed by atoms with Gasteiger partial charge in [-0.25, -0.2) is 0 Å². The summed E-state index contributed by atoms with van der Waals surface area (Å²) in [4.78, 5) is 8.25. The van der Waals surface area contributed by atoms with E-state index in [9.17, 15) is 0 Å². The van der Waals surface area contributed by atoms with E-state index in [0.29, 0.717) is 0 Å². The normalized spacial score (nSPS) is 4.80. The fraction of sp³-hybridized carbons (Fsp3) is 0. The van der Waals surface area contributed by atoms with Crippen LogP contribution in [-0.4, -0.2) is 10.6 Å². The predicted molar refractivity (Wildman–Crippen MR) is 12.3 cm³/mol. The Morgan fingerprint density at radius 2 is 1.40 bits per heavy atom. The summed E-state index contributed by atoms with van der Waals surface area (Å²) in [5.41, 5.74) is 0. The van der Waals surface area contributed by atoms with Gasteiger partial charge in [0.05, 0.1) is 5.09 Å². The van der Waals surface area contributed by atoms with Crippen LogP contribution in [0.25, 0.3) is 0 Å². The average molecular weight is 79.0 g/mol. The second kappa shape index (κ2) is 3.16. The van der Waals surface area contributed by atoms with Gasteiger partial charge in [-0.05, 0) is 0 Å². The molecule has 0 aliphatic rings. The van der Waals surface area contributed by atoms with Crippen molar-refractivity contribution in [3.8, 4) is 0 Å². The maximum atomic E-state index is 8.25. The quantitative estimate of drug-likeness (QED) is 0.291. The Morgan fingerprint density at radius 3 is 1.40 bits per heavy atom. The molecule has 0 aliphatic heterocycles. The molecule has 0 aromatic carbocycles. The Kier molecular flexibility index (Phi) is 5.63. The van der Waals surface area contributed by atoms with Gasteiger partial charge in [-0.3, -0.25) is 0 Å². The maximum Gasteiger partial charge on any atom is 0.0689 e. The molecule has 0 amide bonds. The van der Waals surface area contributed by atoms with E-state index in [1.807, 2.05) is 0 Å². The van der Waals surface area contributed by atoms with Crippen molar-refractivity contribution in [2.75, 3.05) is 0 Å². The van der Waals surface area contributed by atoms with Crippen LogP contribution in [0.2, 0.25) is 0 Å². The van der Waals surface area contributed by atoms with Gasteiger partial charge in [0.1, 0.15) is 0 Å². The van der Waals surface area contributed by atoms with Crippen LogP contribution in [0, 0.1) is 15.3 Å². The first-order valence-corrected chi connectivity index (χ1v) is 0.548. The van der Waals surface area contributed by atoms with Gasteiger partial charge in [0.15, 0.2) is 0 Å². The second-order valence-electron chi connectivity index (χ2n) is 0.224. The lowest BCUT2D eigenvalue weighted by Gasteiger charge is -1.74. The van der Waals surface area contributed by atoms with Crippen molar-refractivity contribution in [1.82, 2.24) is 0 Å². The van der Waals surface area contributed by atoms with Crippen molar-refractivity contribution >= 4 is 0 Å². The zero-order valence-corrected chi connectivity index (χ0v) is 2.12. The standard InChI is InChI=1S/NO3.H2O/c2-1(3)4;/h;1H2/q-1;/p-1. The molecule has 0 saturated carbocycles. The van der Waals surface area contributed by atoms with Gasteiger partial charge in [0.2, 0.25) is 0 Å². The van der Waals surface area contributed by atoms with Crippen LogP contribution in [0.15, 0.2) is 0 Å². The fourth-order valence-electron chi connectivity index (χ4n) is 0. The Hall–Kier alpha value is -0.840. The molecule has 1 N–H and O–H groups in total. The Labute approximate surface area is 27.3 Å². The van der Waals surface area contributed by atoms with E-state index in [2.05, 4.69) is 0 Å². The molecule has 0 spiro atoms. The smallest absolute Gasteiger partial charge is 0.0689 e. The van der Waals surface area contributed by atoms with Crippen LogP contribution in [0.3, 0.4) is 0 Å². The Morgan fingerprint density at radius 1 is 1.40 bits per heavy atom. The SMILES string of the molecule is O=[N+]([O-])[O-].[OH-]. The molecular formula is HNO4-2. The summed E-state index contributed by atoms with van der Waals surface area (Å²) in [6.07, 6.45) is 0. The third kappa shape index (κ3) is 6.03. The lowest BCUT2D eigenvalue weighted by molar-refractivity contribution is -0.402. The largest absolute Gasteiger partial charge is 0.870 e. The van der Waals surface area contributed by atoms with Crippen LogP contribution in [0.1, 0.15) is 0 Å². The number of hydrogen-bond donors (Lipinski definition) is 0. The molecule has 5 nitrogen and oxygen atoms in total. The fourth-order valence-corrected chi connectivity index (χ4v) is 0. The first-order chi connectivity index (χ1) is 1.73. The second-order valence-corrected chi connectivity index (χ2v) is 0.224. The zero-order valence-electron chi connectivity index (χ0n) is 2.12. The van der Waals surface area contributed by atoms with Gasteiger partial charge in [-0.15, -0.1) is 0 Å². The highest BCUT2D eigenvalue weighted by Crippen LogP contribution is 1.44. The number of rotatable bonds is 0. The van der Waals surface area contributed by atoms with E-state index in [-0.39, 0.29) is 5.48 Å². The number of hydrogen-bond acceptors (Lipinski definition) is 4. The van der Waals surface area contributed by atoms with E-state index < -0.39 is 5.09 Å². The van der Waals surface area contributed by atoms with Gasteiger partial charge in [-0.2, -0.15) is 0 Å². The molecular weight excluding hydrogens is 78.0 g/mol. The minimum atomic E-state index is -1.75. The maximum absolute atomic E-state index is 8.25. The molecule has 5 heteroatoms. The van der Waals surface area contributed by atoms with E-state index in [1.165, 1.54) is 0 Å². The zero-order chi connectivity index (χ0) is 3.58. The molecule has 0 atom stereocenters. The molecule has 0 radical (unpaired) electrons. The van der Waals surface area contributed by atoms with Crippen molar-refractivity contribution < 1.29 is 10.6 Å². The van der Waals surface area contributed by atoms with Crippen LogP contribution in [-0.2, 0) is 0 Å². The van der Waals surface area contributed by atoms with Gasteiger partial charge < -0.3 is 20.8 Å². The van der Waals surface area contributed by atoms with E-state index in [0.717, 1.165) is 0 Å². The average Bonchev–Trinajstić information content (AvgIpc) is 0.811. The Balaban J connectivity index is 0. The summed E-state index contributed by atoms with van der Waals surface area (Å²) >= 11 is 0. The highest BCUT2D eigenvalue weighted by Gasteiger charge is 1.45. The monoisotopic (exact) mass is 79.0 g/mol. The van der Waals surface area contributed by atoms with Gasteiger partial charge >= 0.3 is 0 Å². The molecule has 0 fully saturated rings. The topological polar surface area (TPSA) is 96.2 Å². The minimum Gasteiger partial charge on any atom is -0.870 e. The molecule has 0 saturated heterocycles. The first-order valence-electron chi connectivity index (χ1n) is 0.548. The van der Waals surface area contributed by atoms with E-state index in [1.54, 1.807) is 0 Å². The molecule has 0 heterocycles. The highest BCUT2D eigenvalue weighted by atomic mass is 16.9. The lowest BCUT2D eigenvalue weighted by Crippen LogP contribution is -1.74. The van der Waals surface area contributed by atoms with Crippen LogP contribution in [0.5, 0.6) is 0 Å². The van der Waals surface area contributed by atoms with E-state index >= 15 is 0 Å². The van der Waals surface area contributed by atoms with E-state index in [4.69, 9.17) is 15.3 Å². The van der Waals surface area contributed by atoms with Gasteiger partial charge in [0, 0.05) is 0 Å². The third-order valence-electron chi connectivity index (χ3n) is 0. The highest BCUT2D eigenvalue weighted by molar-refractivity contribution is 4.03. The van der Waals surface area contributed by atoms with Gasteiger partial charge in [-0.1, -0.05) is 0 Å².